The van der Waals surface area contributed by atoms with Gasteiger partial charge in [0, 0.05) is 11.1 Å². The number of para-hydroxylation sites is 1. The number of nitrogens with zero attached hydrogens (tertiary/aromatic N) is 3. The van der Waals surface area contributed by atoms with Gasteiger partial charge in [0.25, 0.3) is 0 Å². The van der Waals surface area contributed by atoms with Gasteiger partial charge in [-0.15, -0.1) is 4.99 Å². The summed E-state index contributed by atoms with van der Waals surface area (Å²) in [5, 5.41) is 11.4. The molecule has 3 rings (SSSR count). The number of guanidine groups is 1. The van der Waals surface area contributed by atoms with Gasteiger partial charge in [0.05, 0.1) is 12.6 Å². The molecular weight excluding hydrogens is 340 g/mol. The van der Waals surface area contributed by atoms with Crippen molar-refractivity contribution in [3.05, 3.63) is 76.0 Å². The fourth-order valence-corrected chi connectivity index (χ4v) is 3.11. The van der Waals surface area contributed by atoms with Crippen LogP contribution in [-0.2, 0) is 0 Å². The van der Waals surface area contributed by atoms with E-state index < -0.39 is 16.8 Å². The standard InChI is InChI=1S/C17H14N4O3S/c1-18-17(21(23)24)20(14-5-3-2-4-6-14)16(22)13-8-7-12-9-10-19-25-15(12)11-13/h2-11,19H,1H3. The lowest BCUT2D eigenvalue weighted by Gasteiger charge is -2.18. The van der Waals surface area contributed by atoms with Crippen LogP contribution < -0.4 is 9.62 Å². The van der Waals surface area contributed by atoms with E-state index in [1.54, 1.807) is 48.7 Å². The maximum atomic E-state index is 13.0. The van der Waals surface area contributed by atoms with Gasteiger partial charge in [0.2, 0.25) is 0 Å². The highest BCUT2D eigenvalue weighted by molar-refractivity contribution is 7.97. The number of aliphatic imine (C=N–C) groups is 1. The Hall–Kier alpha value is -3.13. The second kappa shape index (κ2) is 7.18. The van der Waals surface area contributed by atoms with E-state index in [-0.39, 0.29) is 0 Å². The number of nitrogens with one attached hydrogen (secondary N) is 1. The van der Waals surface area contributed by atoms with Crippen molar-refractivity contribution in [3.63, 3.8) is 0 Å². The molecule has 1 aliphatic rings. The van der Waals surface area contributed by atoms with E-state index in [1.807, 2.05) is 12.1 Å². The minimum atomic E-state index is -0.664. The Bertz CT molecular complexity index is 881. The summed E-state index contributed by atoms with van der Waals surface area (Å²) in [6.07, 6.45) is 3.70. The van der Waals surface area contributed by atoms with Crippen LogP contribution in [0.15, 0.2) is 64.6 Å². The number of carbonyl (C=O) groups excluding carboxylic acids is 1. The zero-order chi connectivity index (χ0) is 17.8. The van der Waals surface area contributed by atoms with Crippen LogP contribution >= 0.6 is 11.9 Å². The molecule has 7 nitrogen and oxygen atoms in total. The molecule has 8 heteroatoms. The third-order valence-electron chi connectivity index (χ3n) is 3.54. The van der Waals surface area contributed by atoms with Crippen molar-refractivity contribution in [2.24, 2.45) is 4.99 Å². The number of hydrogen-bond acceptors (Lipinski definition) is 6. The number of hydrogen-bond donors (Lipinski definition) is 1. The third-order valence-corrected chi connectivity index (χ3v) is 4.37. The van der Waals surface area contributed by atoms with Crippen molar-refractivity contribution >= 4 is 35.6 Å². The molecule has 0 unspecified atom stereocenters. The van der Waals surface area contributed by atoms with Gasteiger partial charge in [-0.3, -0.25) is 0 Å². The number of fused-ring (bicyclic) bond motifs is 1. The van der Waals surface area contributed by atoms with Crippen molar-refractivity contribution in [1.82, 2.24) is 4.72 Å². The summed E-state index contributed by atoms with van der Waals surface area (Å²) in [6, 6.07) is 13.6. The molecule has 1 amide bonds. The second-order valence-corrected chi connectivity index (χ2v) is 5.94. The van der Waals surface area contributed by atoms with Gasteiger partial charge in [-0.2, -0.15) is 4.90 Å². The third kappa shape index (κ3) is 3.38. The first-order valence-corrected chi connectivity index (χ1v) is 8.17. The number of rotatable bonds is 2. The van der Waals surface area contributed by atoms with Crippen LogP contribution in [0.1, 0.15) is 15.9 Å². The summed E-state index contributed by atoms with van der Waals surface area (Å²) in [5.74, 6) is -1.04. The van der Waals surface area contributed by atoms with Gasteiger partial charge in [0.15, 0.2) is 0 Å². The molecule has 0 saturated heterocycles. The van der Waals surface area contributed by atoms with Crippen LogP contribution in [0, 0.1) is 10.1 Å². The van der Waals surface area contributed by atoms with Crippen molar-refractivity contribution in [2.75, 3.05) is 11.9 Å². The van der Waals surface area contributed by atoms with Crippen LogP contribution in [0.2, 0.25) is 0 Å². The molecule has 1 heterocycles. The lowest BCUT2D eigenvalue weighted by molar-refractivity contribution is -0.352. The van der Waals surface area contributed by atoms with Crippen molar-refractivity contribution in [3.8, 4) is 0 Å². The smallest absolute Gasteiger partial charge is 0.390 e. The number of nitro groups is 1. The van der Waals surface area contributed by atoms with Crippen molar-refractivity contribution in [2.45, 2.75) is 4.90 Å². The molecule has 0 spiro atoms. The summed E-state index contributed by atoms with van der Waals surface area (Å²) >= 11 is 1.38. The summed E-state index contributed by atoms with van der Waals surface area (Å²) in [6.45, 7) is 0. The molecule has 1 N–H and O–H groups in total. The van der Waals surface area contributed by atoms with Crippen LogP contribution in [0.4, 0.5) is 5.69 Å². The van der Waals surface area contributed by atoms with E-state index in [9.17, 15) is 14.9 Å². The molecule has 0 aromatic heterocycles. The first-order chi connectivity index (χ1) is 12.1. The highest BCUT2D eigenvalue weighted by Gasteiger charge is 2.32. The number of benzene rings is 2. The Morgan fingerprint density at radius 2 is 2.00 bits per heavy atom. The topological polar surface area (TPSA) is 87.8 Å². The van der Waals surface area contributed by atoms with Gasteiger partial charge in [-0.1, -0.05) is 24.3 Å². The largest absolute Gasteiger partial charge is 0.437 e. The molecule has 0 fully saturated rings. The summed E-state index contributed by atoms with van der Waals surface area (Å²) in [7, 11) is 1.29. The molecule has 0 atom stereocenters. The Labute approximate surface area is 148 Å². The zero-order valence-corrected chi connectivity index (χ0v) is 14.1. The Morgan fingerprint density at radius 1 is 1.24 bits per heavy atom. The maximum absolute atomic E-state index is 13.0. The summed E-state index contributed by atoms with van der Waals surface area (Å²) in [5.41, 5.74) is 1.70. The minimum absolute atomic E-state index is 0.343. The quantitative estimate of drug-likeness (QED) is 0.294. The average Bonchev–Trinajstić information content (AvgIpc) is 2.65. The maximum Gasteiger partial charge on any atom is 0.437 e. The molecular formula is C17H14N4O3S. The molecule has 2 aromatic carbocycles. The van der Waals surface area contributed by atoms with Gasteiger partial charge < -0.3 is 14.8 Å². The first-order valence-electron chi connectivity index (χ1n) is 7.35. The fraction of sp³-hybridized carbons (Fsp3) is 0.0588. The summed E-state index contributed by atoms with van der Waals surface area (Å²) < 4.78 is 3.00. The molecule has 0 saturated carbocycles. The van der Waals surface area contributed by atoms with E-state index >= 15 is 0 Å². The van der Waals surface area contributed by atoms with E-state index in [2.05, 4.69) is 9.71 Å². The van der Waals surface area contributed by atoms with Crippen LogP contribution in [-0.4, -0.2) is 23.8 Å². The number of carbonyl (C=O) groups is 1. The summed E-state index contributed by atoms with van der Waals surface area (Å²) in [4.78, 5) is 29.3. The zero-order valence-electron chi connectivity index (χ0n) is 13.2. The van der Waals surface area contributed by atoms with E-state index in [1.165, 1.54) is 19.0 Å². The van der Waals surface area contributed by atoms with Crippen molar-refractivity contribution in [1.29, 1.82) is 0 Å². The van der Waals surface area contributed by atoms with Crippen molar-refractivity contribution < 1.29 is 9.72 Å². The van der Waals surface area contributed by atoms with Crippen LogP contribution in [0.25, 0.3) is 6.08 Å². The molecule has 0 bridgehead atoms. The lowest BCUT2D eigenvalue weighted by atomic mass is 10.1. The molecule has 0 radical (unpaired) electrons. The van der Waals surface area contributed by atoms with Crippen LogP contribution in [0.5, 0.6) is 0 Å². The predicted octanol–water partition coefficient (Wildman–Crippen LogP) is 3.18. The second-order valence-electron chi connectivity index (χ2n) is 5.06. The van der Waals surface area contributed by atoms with Crippen LogP contribution in [0.3, 0.4) is 0 Å². The SMILES string of the molecule is CN=C(N(C(=O)c1ccc2c(c1)SNC=C2)c1ccccc1)[N+](=O)[O-]. The molecule has 25 heavy (non-hydrogen) atoms. The molecule has 0 aliphatic carbocycles. The first kappa shape index (κ1) is 16.7. The minimum Gasteiger partial charge on any atom is -0.390 e. The van der Waals surface area contributed by atoms with Gasteiger partial charge in [-0.05, 0) is 52.8 Å². The van der Waals surface area contributed by atoms with Gasteiger partial charge >= 0.3 is 11.9 Å². The normalized spacial score (nSPS) is 12.9. The monoisotopic (exact) mass is 354 g/mol. The Kier molecular flexibility index (Phi) is 4.80. The molecule has 2 aromatic rings. The number of amides is 1. The number of anilines is 1. The van der Waals surface area contributed by atoms with E-state index in [0.717, 1.165) is 15.4 Å². The Balaban J connectivity index is 2.06. The highest BCUT2D eigenvalue weighted by Crippen LogP contribution is 2.27. The van der Waals surface area contributed by atoms with Gasteiger partial charge in [0.1, 0.15) is 5.69 Å². The Morgan fingerprint density at radius 3 is 2.68 bits per heavy atom. The lowest BCUT2D eigenvalue weighted by Crippen LogP contribution is -2.41. The fourth-order valence-electron chi connectivity index (χ4n) is 2.41. The molecule has 1 aliphatic heterocycles. The average molecular weight is 354 g/mol. The van der Waals surface area contributed by atoms with Gasteiger partial charge in [-0.25, -0.2) is 4.79 Å². The van der Waals surface area contributed by atoms with E-state index in [0.29, 0.717) is 11.3 Å². The molecule has 126 valence electrons. The highest BCUT2D eigenvalue weighted by atomic mass is 32.2. The van der Waals surface area contributed by atoms with E-state index in [4.69, 9.17) is 0 Å². The predicted molar refractivity (Wildman–Crippen MR) is 98.1 cm³/mol.